The number of aryl methyl sites for hydroxylation is 2. The largest absolute Gasteiger partial charge is 0.488 e. The van der Waals surface area contributed by atoms with Crippen LogP contribution >= 0.6 is 11.3 Å². The second-order valence-electron chi connectivity index (χ2n) is 5.65. The maximum atomic E-state index is 5.93. The number of rotatable bonds is 4. The lowest BCUT2D eigenvalue weighted by atomic mass is 10.1. The van der Waals surface area contributed by atoms with E-state index in [1.54, 1.807) is 11.3 Å². The van der Waals surface area contributed by atoms with E-state index in [2.05, 4.69) is 18.0 Å². The number of benzene rings is 1. The minimum Gasteiger partial charge on any atom is -0.488 e. The van der Waals surface area contributed by atoms with Crippen LogP contribution in [0.5, 0.6) is 5.75 Å². The van der Waals surface area contributed by atoms with Crippen LogP contribution in [0.1, 0.15) is 40.7 Å². The van der Waals surface area contributed by atoms with Gasteiger partial charge < -0.3 is 9.15 Å². The molecule has 1 aromatic carbocycles. The first-order valence-electron chi connectivity index (χ1n) is 7.27. The third-order valence-corrected chi connectivity index (χ3v) is 4.99. The summed E-state index contributed by atoms with van der Waals surface area (Å²) in [5.74, 6) is 2.64. The lowest BCUT2D eigenvalue weighted by molar-refractivity contribution is 0.309. The van der Waals surface area contributed by atoms with Gasteiger partial charge in [-0.2, -0.15) is 0 Å². The first-order valence-corrected chi connectivity index (χ1v) is 8.15. The Morgan fingerprint density at radius 1 is 1.33 bits per heavy atom. The van der Waals surface area contributed by atoms with Crippen LogP contribution in [0.3, 0.4) is 0 Å². The molecule has 0 radical (unpaired) electrons. The standard InChI is InChI=1S/C17H17NO2S/c1-10-16(21-9-18-10)8-19-13-5-6-15-14(7-13)17(11(2)20-15)12-3-4-12/h5-7,9,12H,3-4,8H2,1-2H3. The minimum absolute atomic E-state index is 0.581. The lowest BCUT2D eigenvalue weighted by Crippen LogP contribution is -1.95. The van der Waals surface area contributed by atoms with Crippen LogP contribution in [-0.4, -0.2) is 4.98 Å². The molecule has 2 heterocycles. The van der Waals surface area contributed by atoms with Gasteiger partial charge in [-0.25, -0.2) is 4.98 Å². The highest BCUT2D eigenvalue weighted by Gasteiger charge is 2.29. The highest BCUT2D eigenvalue weighted by atomic mass is 32.1. The molecule has 0 unspecified atom stereocenters. The van der Waals surface area contributed by atoms with Crippen molar-refractivity contribution in [2.24, 2.45) is 0 Å². The molecule has 0 atom stereocenters. The molecule has 4 heteroatoms. The molecule has 1 aliphatic rings. The van der Waals surface area contributed by atoms with E-state index in [0.29, 0.717) is 12.5 Å². The average Bonchev–Trinajstić information content (AvgIpc) is 3.13. The van der Waals surface area contributed by atoms with Gasteiger partial charge in [0.05, 0.1) is 16.1 Å². The van der Waals surface area contributed by atoms with Crippen molar-refractivity contribution in [3.8, 4) is 5.75 Å². The molecule has 21 heavy (non-hydrogen) atoms. The molecule has 3 aromatic rings. The second kappa shape index (κ2) is 4.88. The molecule has 1 aliphatic carbocycles. The van der Waals surface area contributed by atoms with Gasteiger partial charge in [0, 0.05) is 10.9 Å². The Balaban J connectivity index is 1.63. The molecule has 0 aliphatic heterocycles. The summed E-state index contributed by atoms with van der Waals surface area (Å²) < 4.78 is 11.8. The molecular formula is C17H17NO2S. The molecule has 108 valence electrons. The number of nitrogens with zero attached hydrogens (tertiary/aromatic N) is 1. The molecular weight excluding hydrogens is 282 g/mol. The van der Waals surface area contributed by atoms with Crippen LogP contribution < -0.4 is 4.74 Å². The molecule has 0 saturated heterocycles. The molecule has 1 saturated carbocycles. The summed E-state index contributed by atoms with van der Waals surface area (Å²) >= 11 is 1.64. The summed E-state index contributed by atoms with van der Waals surface area (Å²) in [7, 11) is 0. The van der Waals surface area contributed by atoms with Crippen molar-refractivity contribution in [3.05, 3.63) is 45.6 Å². The smallest absolute Gasteiger partial charge is 0.134 e. The third kappa shape index (κ3) is 2.33. The second-order valence-corrected chi connectivity index (χ2v) is 6.59. The van der Waals surface area contributed by atoms with Gasteiger partial charge >= 0.3 is 0 Å². The van der Waals surface area contributed by atoms with Gasteiger partial charge in [-0.15, -0.1) is 11.3 Å². The number of hydrogen-bond donors (Lipinski definition) is 0. The SMILES string of the molecule is Cc1ncsc1COc1ccc2oc(C)c(C3CC3)c2c1. The molecule has 2 aromatic heterocycles. The zero-order valence-corrected chi connectivity index (χ0v) is 13.0. The van der Waals surface area contributed by atoms with Crippen molar-refractivity contribution in [2.45, 2.75) is 39.2 Å². The fraction of sp³-hybridized carbons (Fsp3) is 0.353. The normalized spacial score (nSPS) is 14.8. The summed E-state index contributed by atoms with van der Waals surface area (Å²) in [6.07, 6.45) is 2.56. The van der Waals surface area contributed by atoms with Gasteiger partial charge in [-0.1, -0.05) is 0 Å². The van der Waals surface area contributed by atoms with E-state index in [1.807, 2.05) is 24.6 Å². The summed E-state index contributed by atoms with van der Waals surface area (Å²) in [6, 6.07) is 6.12. The van der Waals surface area contributed by atoms with E-state index >= 15 is 0 Å². The van der Waals surface area contributed by atoms with Crippen LogP contribution in [0.15, 0.2) is 28.1 Å². The number of furan rings is 1. The lowest BCUT2D eigenvalue weighted by Gasteiger charge is -2.05. The number of ether oxygens (including phenoxy) is 1. The zero-order valence-electron chi connectivity index (χ0n) is 12.2. The number of hydrogen-bond acceptors (Lipinski definition) is 4. The fourth-order valence-electron chi connectivity index (χ4n) is 2.80. The molecule has 4 rings (SSSR count). The average molecular weight is 299 g/mol. The predicted molar refractivity (Wildman–Crippen MR) is 84.1 cm³/mol. The van der Waals surface area contributed by atoms with Crippen molar-refractivity contribution in [1.82, 2.24) is 4.98 Å². The zero-order chi connectivity index (χ0) is 14.4. The van der Waals surface area contributed by atoms with E-state index < -0.39 is 0 Å². The van der Waals surface area contributed by atoms with Crippen LogP contribution in [0.2, 0.25) is 0 Å². The Morgan fingerprint density at radius 3 is 2.90 bits per heavy atom. The summed E-state index contributed by atoms with van der Waals surface area (Å²) in [4.78, 5) is 5.43. The highest BCUT2D eigenvalue weighted by Crippen LogP contribution is 2.46. The van der Waals surface area contributed by atoms with Gasteiger partial charge in [-0.05, 0) is 50.8 Å². The molecule has 3 nitrogen and oxygen atoms in total. The fourth-order valence-corrected chi connectivity index (χ4v) is 3.49. The molecule has 0 spiro atoms. The molecule has 1 fully saturated rings. The van der Waals surface area contributed by atoms with Crippen molar-refractivity contribution in [2.75, 3.05) is 0 Å². The van der Waals surface area contributed by atoms with Gasteiger partial charge in [-0.3, -0.25) is 0 Å². The first-order chi connectivity index (χ1) is 10.2. The summed E-state index contributed by atoms with van der Waals surface area (Å²) in [5.41, 5.74) is 5.26. The number of thiazole rings is 1. The van der Waals surface area contributed by atoms with Crippen molar-refractivity contribution < 1.29 is 9.15 Å². The number of aromatic nitrogens is 1. The monoisotopic (exact) mass is 299 g/mol. The Labute approximate surface area is 127 Å². The predicted octanol–water partition coefficient (Wildman–Crippen LogP) is 4.96. The molecule has 0 N–H and O–H groups in total. The third-order valence-electron chi connectivity index (χ3n) is 4.08. The summed E-state index contributed by atoms with van der Waals surface area (Å²) in [6.45, 7) is 4.66. The van der Waals surface area contributed by atoms with Gasteiger partial charge in [0.25, 0.3) is 0 Å². The van der Waals surface area contributed by atoms with E-state index in [9.17, 15) is 0 Å². The van der Waals surface area contributed by atoms with Crippen molar-refractivity contribution >= 4 is 22.3 Å². The van der Waals surface area contributed by atoms with E-state index in [4.69, 9.17) is 9.15 Å². The Kier molecular flexibility index (Phi) is 3.00. The van der Waals surface area contributed by atoms with Crippen molar-refractivity contribution in [1.29, 1.82) is 0 Å². The molecule has 0 amide bonds. The summed E-state index contributed by atoms with van der Waals surface area (Å²) in [5, 5.41) is 1.22. The van der Waals surface area contributed by atoms with Crippen LogP contribution in [-0.2, 0) is 6.61 Å². The van der Waals surface area contributed by atoms with Crippen LogP contribution in [0.4, 0.5) is 0 Å². The van der Waals surface area contributed by atoms with Crippen molar-refractivity contribution in [3.63, 3.8) is 0 Å². The quantitative estimate of drug-likeness (QED) is 0.683. The topological polar surface area (TPSA) is 35.3 Å². The Bertz CT molecular complexity index is 798. The van der Waals surface area contributed by atoms with E-state index in [-0.39, 0.29) is 0 Å². The maximum absolute atomic E-state index is 5.93. The first kappa shape index (κ1) is 12.9. The van der Waals surface area contributed by atoms with Gasteiger partial charge in [0.1, 0.15) is 23.7 Å². The highest BCUT2D eigenvalue weighted by molar-refractivity contribution is 7.09. The minimum atomic E-state index is 0.581. The van der Waals surface area contributed by atoms with E-state index in [1.165, 1.54) is 28.7 Å². The van der Waals surface area contributed by atoms with Crippen LogP contribution in [0.25, 0.3) is 11.0 Å². The maximum Gasteiger partial charge on any atom is 0.134 e. The Morgan fingerprint density at radius 2 is 2.19 bits per heavy atom. The van der Waals surface area contributed by atoms with Gasteiger partial charge in [0.2, 0.25) is 0 Å². The van der Waals surface area contributed by atoms with Crippen LogP contribution in [0, 0.1) is 13.8 Å². The van der Waals surface area contributed by atoms with Gasteiger partial charge in [0.15, 0.2) is 0 Å². The van der Waals surface area contributed by atoms with E-state index in [0.717, 1.165) is 22.8 Å². The number of fused-ring (bicyclic) bond motifs is 1. The Hall–Kier alpha value is -1.81. The molecule has 0 bridgehead atoms.